The minimum Gasteiger partial charge on any atom is -0.500 e. The summed E-state index contributed by atoms with van der Waals surface area (Å²) in [6.07, 6.45) is 1.91. The van der Waals surface area contributed by atoms with Crippen LogP contribution in [-0.4, -0.2) is 32.9 Å². The van der Waals surface area contributed by atoms with Crippen molar-refractivity contribution >= 4 is 5.78 Å². The van der Waals surface area contributed by atoms with E-state index < -0.39 is 0 Å². The van der Waals surface area contributed by atoms with E-state index in [2.05, 4.69) is 4.74 Å². The van der Waals surface area contributed by atoms with E-state index in [1.54, 1.807) is 0 Å². The summed E-state index contributed by atoms with van der Waals surface area (Å²) >= 11 is 0. The van der Waals surface area contributed by atoms with Gasteiger partial charge in [-0.15, -0.1) is 0 Å². The number of rotatable bonds is 4. The fourth-order valence-corrected chi connectivity index (χ4v) is 0.887. The lowest BCUT2D eigenvalue weighted by Gasteiger charge is -2.12. The molecule has 0 bridgehead atoms. The maximum atomic E-state index is 11.1. The summed E-state index contributed by atoms with van der Waals surface area (Å²) in [7, 11) is 1.54. The number of carbonyl (C=O) groups is 1. The summed E-state index contributed by atoms with van der Waals surface area (Å²) in [6, 6.07) is 0. The van der Waals surface area contributed by atoms with Crippen LogP contribution in [0.4, 0.5) is 0 Å². The zero-order valence-electron chi connectivity index (χ0n) is 7.04. The van der Waals surface area contributed by atoms with Crippen molar-refractivity contribution in [2.24, 2.45) is 0 Å². The van der Waals surface area contributed by atoms with Crippen LogP contribution in [0.2, 0.25) is 0 Å². The zero-order chi connectivity index (χ0) is 8.81. The highest BCUT2D eigenvalue weighted by Gasteiger charge is 2.14. The van der Waals surface area contributed by atoms with E-state index in [-0.39, 0.29) is 19.2 Å². The van der Waals surface area contributed by atoms with E-state index in [0.29, 0.717) is 18.6 Å². The van der Waals surface area contributed by atoms with E-state index in [9.17, 15) is 4.79 Å². The summed E-state index contributed by atoms with van der Waals surface area (Å²) < 4.78 is 14.6. The van der Waals surface area contributed by atoms with Crippen LogP contribution in [0.3, 0.4) is 0 Å². The third-order valence-electron chi connectivity index (χ3n) is 1.49. The molecule has 0 saturated carbocycles. The fourth-order valence-electron chi connectivity index (χ4n) is 0.887. The predicted octanol–water partition coefficient (Wildman–Crippen LogP) is 0.480. The van der Waals surface area contributed by atoms with Gasteiger partial charge in [-0.1, -0.05) is 0 Å². The van der Waals surface area contributed by atoms with E-state index >= 15 is 0 Å². The Bertz CT molecular complexity index is 185. The standard InChI is InChI=1S/C8H12O4/c1-10-6-12-5-7-4-11-3-2-8(7)9/h4H,2-3,5-6H2,1H3. The molecule has 12 heavy (non-hydrogen) atoms. The van der Waals surface area contributed by atoms with E-state index in [1.165, 1.54) is 13.4 Å². The molecule has 0 aromatic rings. The van der Waals surface area contributed by atoms with Crippen LogP contribution in [0.1, 0.15) is 6.42 Å². The number of ketones is 1. The molecule has 0 N–H and O–H groups in total. The fraction of sp³-hybridized carbons (Fsp3) is 0.625. The highest BCUT2D eigenvalue weighted by molar-refractivity contribution is 5.95. The van der Waals surface area contributed by atoms with Crippen LogP contribution in [0.25, 0.3) is 0 Å². The summed E-state index contributed by atoms with van der Waals surface area (Å²) in [5.41, 5.74) is 0.582. The highest BCUT2D eigenvalue weighted by atomic mass is 16.7. The first-order chi connectivity index (χ1) is 5.84. The Labute approximate surface area is 71.1 Å². The second kappa shape index (κ2) is 4.90. The topological polar surface area (TPSA) is 44.8 Å². The van der Waals surface area contributed by atoms with Crippen molar-refractivity contribution in [3.63, 3.8) is 0 Å². The second-order valence-corrected chi connectivity index (χ2v) is 2.44. The Hall–Kier alpha value is -0.870. The van der Waals surface area contributed by atoms with Gasteiger partial charge >= 0.3 is 0 Å². The van der Waals surface area contributed by atoms with Gasteiger partial charge in [0, 0.05) is 13.5 Å². The van der Waals surface area contributed by atoms with Gasteiger partial charge in [-0.05, 0) is 0 Å². The lowest BCUT2D eigenvalue weighted by molar-refractivity contribution is -0.118. The predicted molar refractivity (Wildman–Crippen MR) is 41.5 cm³/mol. The minimum absolute atomic E-state index is 0.0948. The third kappa shape index (κ3) is 2.64. The van der Waals surface area contributed by atoms with Crippen molar-refractivity contribution in [3.8, 4) is 0 Å². The first kappa shape index (κ1) is 9.22. The van der Waals surface area contributed by atoms with Gasteiger partial charge in [0.1, 0.15) is 6.79 Å². The molecule has 1 aliphatic heterocycles. The third-order valence-corrected chi connectivity index (χ3v) is 1.49. The molecule has 0 spiro atoms. The van der Waals surface area contributed by atoms with Gasteiger partial charge in [-0.25, -0.2) is 0 Å². The summed E-state index contributed by atoms with van der Waals surface area (Å²) in [4.78, 5) is 11.1. The molecule has 0 fully saturated rings. The van der Waals surface area contributed by atoms with Crippen molar-refractivity contribution in [3.05, 3.63) is 11.8 Å². The van der Waals surface area contributed by atoms with Gasteiger partial charge < -0.3 is 14.2 Å². The maximum Gasteiger partial charge on any atom is 0.167 e. The van der Waals surface area contributed by atoms with Gasteiger partial charge in [0.25, 0.3) is 0 Å². The molecule has 0 unspecified atom stereocenters. The Morgan fingerprint density at radius 2 is 2.50 bits per heavy atom. The lowest BCUT2D eigenvalue weighted by atomic mass is 10.1. The molecule has 0 aromatic carbocycles. The number of Topliss-reactive ketones (excluding diaryl/α,β-unsaturated/α-hetero) is 1. The normalized spacial score (nSPS) is 17.1. The molecule has 0 atom stereocenters. The van der Waals surface area contributed by atoms with Crippen molar-refractivity contribution in [1.82, 2.24) is 0 Å². The Morgan fingerprint density at radius 3 is 3.17 bits per heavy atom. The van der Waals surface area contributed by atoms with Crippen molar-refractivity contribution in [1.29, 1.82) is 0 Å². The molecule has 0 aliphatic carbocycles. The van der Waals surface area contributed by atoms with Crippen LogP contribution in [0, 0.1) is 0 Å². The number of ether oxygens (including phenoxy) is 3. The van der Waals surface area contributed by atoms with Gasteiger partial charge in [-0.2, -0.15) is 0 Å². The summed E-state index contributed by atoms with van der Waals surface area (Å²) in [6.45, 7) is 0.948. The molecule has 1 rings (SSSR count). The highest BCUT2D eigenvalue weighted by Crippen LogP contribution is 2.07. The smallest absolute Gasteiger partial charge is 0.167 e. The van der Waals surface area contributed by atoms with Crippen LogP contribution in [-0.2, 0) is 19.0 Å². The van der Waals surface area contributed by atoms with Crippen LogP contribution >= 0.6 is 0 Å². The van der Waals surface area contributed by atoms with Gasteiger partial charge in [0.05, 0.1) is 25.0 Å². The SMILES string of the molecule is COCOCC1=COCCC1=O. The van der Waals surface area contributed by atoms with Crippen LogP contribution in [0.5, 0.6) is 0 Å². The van der Waals surface area contributed by atoms with Crippen LogP contribution in [0.15, 0.2) is 11.8 Å². The molecule has 1 aliphatic rings. The van der Waals surface area contributed by atoms with Crippen LogP contribution < -0.4 is 0 Å². The first-order valence-corrected chi connectivity index (χ1v) is 3.75. The molecule has 0 aromatic heterocycles. The number of hydrogen-bond donors (Lipinski definition) is 0. The molecular formula is C8H12O4. The number of carbonyl (C=O) groups excluding carboxylic acids is 1. The minimum atomic E-state index is 0.0948. The van der Waals surface area contributed by atoms with E-state index in [0.717, 1.165) is 0 Å². The zero-order valence-corrected chi connectivity index (χ0v) is 7.04. The van der Waals surface area contributed by atoms with E-state index in [1.807, 2.05) is 0 Å². The molecule has 0 radical (unpaired) electrons. The molecule has 0 amide bonds. The Balaban J connectivity index is 2.29. The first-order valence-electron chi connectivity index (χ1n) is 3.75. The monoisotopic (exact) mass is 172 g/mol. The molecule has 4 heteroatoms. The number of hydrogen-bond acceptors (Lipinski definition) is 4. The van der Waals surface area contributed by atoms with Crippen molar-refractivity contribution in [2.75, 3.05) is 27.1 Å². The summed E-state index contributed by atoms with van der Waals surface area (Å²) in [5, 5.41) is 0. The second-order valence-electron chi connectivity index (χ2n) is 2.44. The average molecular weight is 172 g/mol. The molecule has 4 nitrogen and oxygen atoms in total. The largest absolute Gasteiger partial charge is 0.500 e. The molecule has 0 saturated heterocycles. The van der Waals surface area contributed by atoms with Gasteiger partial charge in [0.2, 0.25) is 0 Å². The molecule has 1 heterocycles. The Morgan fingerprint density at radius 1 is 1.67 bits per heavy atom. The Kier molecular flexibility index (Phi) is 3.76. The quantitative estimate of drug-likeness (QED) is 0.457. The van der Waals surface area contributed by atoms with Gasteiger partial charge in [0.15, 0.2) is 5.78 Å². The van der Waals surface area contributed by atoms with Crippen molar-refractivity contribution < 1.29 is 19.0 Å². The lowest BCUT2D eigenvalue weighted by Crippen LogP contribution is -2.16. The average Bonchev–Trinajstić information content (AvgIpc) is 2.09. The maximum absolute atomic E-state index is 11.1. The van der Waals surface area contributed by atoms with Crippen molar-refractivity contribution in [2.45, 2.75) is 6.42 Å². The molecule has 68 valence electrons. The van der Waals surface area contributed by atoms with E-state index in [4.69, 9.17) is 9.47 Å². The van der Waals surface area contributed by atoms with Gasteiger partial charge in [-0.3, -0.25) is 4.79 Å². The number of methoxy groups -OCH3 is 1. The molecular weight excluding hydrogens is 160 g/mol. The summed E-state index contributed by atoms with van der Waals surface area (Å²) in [5.74, 6) is 0.0948.